The quantitative estimate of drug-likeness (QED) is 0.629. The van der Waals surface area contributed by atoms with Crippen molar-refractivity contribution in [1.82, 2.24) is 9.88 Å². The zero-order chi connectivity index (χ0) is 21.3. The summed E-state index contributed by atoms with van der Waals surface area (Å²) < 4.78 is 10.7. The number of carbonyl (C=O) groups is 2. The van der Waals surface area contributed by atoms with Crippen LogP contribution in [0.15, 0.2) is 76.7 Å². The van der Waals surface area contributed by atoms with Crippen molar-refractivity contribution in [2.24, 2.45) is 0 Å². The van der Waals surface area contributed by atoms with Gasteiger partial charge in [-0.2, -0.15) is 0 Å². The fourth-order valence-corrected chi connectivity index (χ4v) is 3.56. The number of aromatic nitrogens is 1. The van der Waals surface area contributed by atoms with Gasteiger partial charge in [0.15, 0.2) is 11.5 Å². The van der Waals surface area contributed by atoms with Gasteiger partial charge in [0.2, 0.25) is 5.78 Å². The third-order valence-electron chi connectivity index (χ3n) is 5.02. The van der Waals surface area contributed by atoms with Crippen molar-refractivity contribution in [3.8, 4) is 5.75 Å². The number of pyridine rings is 1. The van der Waals surface area contributed by atoms with Crippen LogP contribution in [0, 0.1) is 6.92 Å². The predicted molar refractivity (Wildman–Crippen MR) is 108 cm³/mol. The number of hydrogen-bond acceptors (Lipinski definition) is 6. The van der Waals surface area contributed by atoms with Gasteiger partial charge in [0.25, 0.3) is 5.91 Å². The number of rotatable bonds is 6. The molecule has 0 bridgehead atoms. The number of aryl methyl sites for hydroxylation is 1. The van der Waals surface area contributed by atoms with Gasteiger partial charge < -0.3 is 19.2 Å². The van der Waals surface area contributed by atoms with Crippen LogP contribution in [-0.4, -0.2) is 33.8 Å². The summed E-state index contributed by atoms with van der Waals surface area (Å²) in [5, 5.41) is 10.7. The second-order valence-electron chi connectivity index (χ2n) is 6.97. The second-order valence-corrected chi connectivity index (χ2v) is 6.97. The number of methoxy groups -OCH3 is 1. The maximum absolute atomic E-state index is 13.2. The van der Waals surface area contributed by atoms with Crippen LogP contribution in [0.5, 0.6) is 5.75 Å². The predicted octanol–water partition coefficient (Wildman–Crippen LogP) is 3.77. The molecular formula is C23H20N2O5. The van der Waals surface area contributed by atoms with E-state index < -0.39 is 23.5 Å². The van der Waals surface area contributed by atoms with E-state index in [1.807, 2.05) is 6.07 Å². The molecule has 1 aliphatic rings. The summed E-state index contributed by atoms with van der Waals surface area (Å²) in [6.07, 6.45) is 3.28. The van der Waals surface area contributed by atoms with Crippen molar-refractivity contribution in [2.75, 3.05) is 7.11 Å². The Labute approximate surface area is 173 Å². The van der Waals surface area contributed by atoms with Gasteiger partial charge in [-0.1, -0.05) is 18.2 Å². The van der Waals surface area contributed by atoms with Crippen molar-refractivity contribution in [3.63, 3.8) is 0 Å². The number of nitrogens with zero attached hydrogens (tertiary/aromatic N) is 2. The standard InChI is InChI=1S/C23H20N2O5/c1-14-5-10-18(30-14)21(26)19-20(16-6-8-17(29-2)9-7-16)25(23(28)22(19)27)13-15-4-3-11-24-12-15/h3-12,20,27H,13H2,1-2H3/t20-/m0/s1. The van der Waals surface area contributed by atoms with E-state index >= 15 is 0 Å². The Morgan fingerprint density at radius 1 is 1.20 bits per heavy atom. The molecule has 1 aromatic carbocycles. The largest absolute Gasteiger partial charge is 0.503 e. The molecule has 1 aliphatic heterocycles. The molecule has 152 valence electrons. The van der Waals surface area contributed by atoms with Crippen molar-refractivity contribution in [3.05, 3.63) is 94.9 Å². The molecule has 0 saturated heterocycles. The van der Waals surface area contributed by atoms with E-state index in [1.54, 1.807) is 62.8 Å². The van der Waals surface area contributed by atoms with E-state index in [0.29, 0.717) is 17.1 Å². The van der Waals surface area contributed by atoms with E-state index in [4.69, 9.17) is 9.15 Å². The number of ketones is 1. The molecule has 0 fully saturated rings. The van der Waals surface area contributed by atoms with E-state index in [-0.39, 0.29) is 17.9 Å². The number of aliphatic hydroxyl groups is 1. The number of hydrogen-bond donors (Lipinski definition) is 1. The molecular weight excluding hydrogens is 384 g/mol. The van der Waals surface area contributed by atoms with Crippen molar-refractivity contribution >= 4 is 11.7 Å². The van der Waals surface area contributed by atoms with Gasteiger partial charge in [0, 0.05) is 18.9 Å². The van der Waals surface area contributed by atoms with Crippen LogP contribution in [0.3, 0.4) is 0 Å². The van der Waals surface area contributed by atoms with Gasteiger partial charge in [-0.05, 0) is 48.4 Å². The first-order valence-corrected chi connectivity index (χ1v) is 9.37. The molecule has 0 unspecified atom stereocenters. The van der Waals surface area contributed by atoms with Gasteiger partial charge in [0.1, 0.15) is 11.5 Å². The average Bonchev–Trinajstić information content (AvgIpc) is 3.31. The molecule has 2 aromatic heterocycles. The Bertz CT molecular complexity index is 1120. The fourth-order valence-electron chi connectivity index (χ4n) is 3.56. The Balaban J connectivity index is 1.79. The Morgan fingerprint density at radius 3 is 2.57 bits per heavy atom. The minimum atomic E-state index is -0.776. The van der Waals surface area contributed by atoms with Gasteiger partial charge >= 0.3 is 0 Å². The van der Waals surface area contributed by atoms with Crippen LogP contribution in [0.25, 0.3) is 0 Å². The van der Waals surface area contributed by atoms with Crippen LogP contribution in [0.1, 0.15) is 33.5 Å². The summed E-state index contributed by atoms with van der Waals surface area (Å²) in [5.74, 6) is -0.433. The zero-order valence-corrected chi connectivity index (χ0v) is 16.5. The topological polar surface area (TPSA) is 92.9 Å². The zero-order valence-electron chi connectivity index (χ0n) is 16.5. The highest BCUT2D eigenvalue weighted by molar-refractivity contribution is 6.15. The lowest BCUT2D eigenvalue weighted by Crippen LogP contribution is -2.30. The number of amides is 1. The highest BCUT2D eigenvalue weighted by Crippen LogP contribution is 2.40. The van der Waals surface area contributed by atoms with E-state index in [2.05, 4.69) is 4.98 Å². The Morgan fingerprint density at radius 2 is 1.97 bits per heavy atom. The van der Waals surface area contributed by atoms with Gasteiger partial charge in [-0.25, -0.2) is 0 Å². The number of benzene rings is 1. The molecule has 1 amide bonds. The monoisotopic (exact) mass is 404 g/mol. The SMILES string of the molecule is COc1ccc([C@H]2C(C(=O)c3ccc(C)o3)=C(O)C(=O)N2Cc2cccnc2)cc1. The first kappa shape index (κ1) is 19.4. The number of ether oxygens (including phenoxy) is 1. The minimum absolute atomic E-state index is 0.0107. The molecule has 4 rings (SSSR count). The lowest BCUT2D eigenvalue weighted by Gasteiger charge is -2.26. The molecule has 7 heteroatoms. The molecule has 0 saturated carbocycles. The molecule has 7 nitrogen and oxygen atoms in total. The van der Waals surface area contributed by atoms with Crippen LogP contribution in [-0.2, 0) is 11.3 Å². The third-order valence-corrected chi connectivity index (χ3v) is 5.02. The maximum atomic E-state index is 13.2. The van der Waals surface area contributed by atoms with Crippen LogP contribution < -0.4 is 4.74 Å². The van der Waals surface area contributed by atoms with Crippen molar-refractivity contribution in [1.29, 1.82) is 0 Å². The summed E-state index contributed by atoms with van der Waals surface area (Å²) in [5.41, 5.74) is 1.44. The normalized spacial score (nSPS) is 16.3. The van der Waals surface area contributed by atoms with Crippen molar-refractivity contribution in [2.45, 2.75) is 19.5 Å². The molecule has 3 heterocycles. The molecule has 0 aliphatic carbocycles. The Kier molecular flexibility index (Phi) is 5.10. The first-order valence-electron chi connectivity index (χ1n) is 9.37. The average molecular weight is 404 g/mol. The number of carbonyl (C=O) groups excluding carboxylic acids is 2. The molecule has 3 aromatic rings. The summed E-state index contributed by atoms with van der Waals surface area (Å²) >= 11 is 0. The molecule has 1 N–H and O–H groups in total. The summed E-state index contributed by atoms with van der Waals surface area (Å²) in [7, 11) is 1.56. The summed E-state index contributed by atoms with van der Waals surface area (Å²) in [6, 6.07) is 13.1. The van der Waals surface area contributed by atoms with Gasteiger partial charge in [-0.3, -0.25) is 14.6 Å². The van der Waals surface area contributed by atoms with E-state index in [1.165, 1.54) is 11.0 Å². The highest BCUT2D eigenvalue weighted by Gasteiger charge is 2.44. The van der Waals surface area contributed by atoms with Crippen LogP contribution >= 0.6 is 0 Å². The highest BCUT2D eigenvalue weighted by atomic mass is 16.5. The lowest BCUT2D eigenvalue weighted by molar-refractivity contribution is -0.130. The third kappa shape index (κ3) is 3.45. The fraction of sp³-hybridized carbons (Fsp3) is 0.174. The number of aliphatic hydroxyl groups excluding tert-OH is 1. The molecule has 30 heavy (non-hydrogen) atoms. The van der Waals surface area contributed by atoms with E-state index in [9.17, 15) is 14.7 Å². The van der Waals surface area contributed by atoms with Crippen molar-refractivity contribution < 1.29 is 23.8 Å². The van der Waals surface area contributed by atoms with E-state index in [0.717, 1.165) is 5.56 Å². The van der Waals surface area contributed by atoms with Crippen LogP contribution in [0.4, 0.5) is 0 Å². The summed E-state index contributed by atoms with van der Waals surface area (Å²) in [4.78, 5) is 31.7. The molecule has 0 radical (unpaired) electrons. The second kappa shape index (κ2) is 7.87. The molecule has 1 atom stereocenters. The first-order chi connectivity index (χ1) is 14.5. The smallest absolute Gasteiger partial charge is 0.290 e. The van der Waals surface area contributed by atoms with Crippen LogP contribution in [0.2, 0.25) is 0 Å². The summed E-state index contributed by atoms with van der Waals surface area (Å²) in [6.45, 7) is 1.90. The number of Topliss-reactive ketones (excluding diaryl/α,β-unsaturated/α-hetero) is 1. The lowest BCUT2D eigenvalue weighted by atomic mass is 9.95. The Hall–Kier alpha value is -3.87. The molecule has 0 spiro atoms. The number of furan rings is 1. The minimum Gasteiger partial charge on any atom is -0.503 e. The maximum Gasteiger partial charge on any atom is 0.290 e. The van der Waals surface area contributed by atoms with Gasteiger partial charge in [-0.15, -0.1) is 0 Å². The van der Waals surface area contributed by atoms with Gasteiger partial charge in [0.05, 0.1) is 18.7 Å².